The lowest BCUT2D eigenvalue weighted by Gasteiger charge is -2.19. The van der Waals surface area contributed by atoms with Gasteiger partial charge in [0, 0.05) is 49.5 Å². The summed E-state index contributed by atoms with van der Waals surface area (Å²) >= 11 is 1.49. The quantitative estimate of drug-likeness (QED) is 0.871. The molecule has 98 valence electrons. The Morgan fingerprint density at radius 1 is 1.37 bits per heavy atom. The van der Waals surface area contributed by atoms with Gasteiger partial charge in [0.1, 0.15) is 0 Å². The highest BCUT2D eigenvalue weighted by Gasteiger charge is 2.09. The van der Waals surface area contributed by atoms with Crippen LogP contribution >= 0.6 is 11.3 Å². The van der Waals surface area contributed by atoms with Gasteiger partial charge in [-0.25, -0.2) is 4.98 Å². The van der Waals surface area contributed by atoms with Crippen LogP contribution in [0.15, 0.2) is 30.7 Å². The Balaban J connectivity index is 2.01. The van der Waals surface area contributed by atoms with Gasteiger partial charge in [0.15, 0.2) is 5.13 Å². The number of nitrogen functional groups attached to an aromatic ring is 1. The van der Waals surface area contributed by atoms with Crippen LogP contribution in [0.5, 0.6) is 0 Å². The van der Waals surface area contributed by atoms with Crippen molar-refractivity contribution in [1.82, 2.24) is 14.9 Å². The molecule has 0 amide bonds. The molecule has 2 aromatic heterocycles. The molecular formula is C13H15N5S. The monoisotopic (exact) mass is 273 g/mol. The molecule has 0 aliphatic carbocycles. The number of anilines is 1. The summed E-state index contributed by atoms with van der Waals surface area (Å²) in [7, 11) is 0. The molecule has 0 bridgehead atoms. The highest BCUT2D eigenvalue weighted by Crippen LogP contribution is 2.17. The summed E-state index contributed by atoms with van der Waals surface area (Å²) in [5.74, 6) is 0. The average molecular weight is 273 g/mol. The first-order valence-electron chi connectivity index (χ1n) is 5.96. The molecule has 2 aromatic rings. The van der Waals surface area contributed by atoms with Crippen LogP contribution in [0, 0.1) is 11.3 Å². The zero-order valence-electron chi connectivity index (χ0n) is 10.5. The molecule has 0 aliphatic rings. The van der Waals surface area contributed by atoms with Crippen molar-refractivity contribution >= 4 is 16.5 Å². The first kappa shape index (κ1) is 13.5. The largest absolute Gasteiger partial charge is 0.375 e. The topological polar surface area (TPSA) is 78.8 Å². The molecule has 5 nitrogen and oxygen atoms in total. The lowest BCUT2D eigenvalue weighted by Crippen LogP contribution is -2.23. The fourth-order valence-electron chi connectivity index (χ4n) is 1.79. The van der Waals surface area contributed by atoms with Crippen LogP contribution in [0.4, 0.5) is 5.13 Å². The lowest BCUT2D eigenvalue weighted by molar-refractivity contribution is 0.265. The van der Waals surface area contributed by atoms with E-state index in [9.17, 15) is 0 Å². The number of hydrogen-bond donors (Lipinski definition) is 1. The molecule has 0 radical (unpaired) electrons. The third kappa shape index (κ3) is 4.32. The van der Waals surface area contributed by atoms with Crippen molar-refractivity contribution in [2.45, 2.75) is 19.5 Å². The third-order valence-corrected chi connectivity index (χ3v) is 3.43. The molecule has 0 unspecified atom stereocenters. The van der Waals surface area contributed by atoms with E-state index in [4.69, 9.17) is 11.0 Å². The van der Waals surface area contributed by atoms with E-state index in [1.165, 1.54) is 11.3 Å². The van der Waals surface area contributed by atoms with Crippen LogP contribution in [0.2, 0.25) is 0 Å². The molecule has 0 fully saturated rings. The highest BCUT2D eigenvalue weighted by molar-refractivity contribution is 7.15. The first-order chi connectivity index (χ1) is 9.28. The number of pyridine rings is 1. The van der Waals surface area contributed by atoms with Crippen molar-refractivity contribution in [3.05, 3.63) is 41.2 Å². The van der Waals surface area contributed by atoms with Crippen LogP contribution in [0.3, 0.4) is 0 Å². The van der Waals surface area contributed by atoms with Gasteiger partial charge in [0.2, 0.25) is 0 Å². The van der Waals surface area contributed by atoms with Crippen LogP contribution < -0.4 is 5.73 Å². The predicted molar refractivity (Wildman–Crippen MR) is 75.1 cm³/mol. The van der Waals surface area contributed by atoms with E-state index in [0.717, 1.165) is 30.1 Å². The number of hydrogen-bond acceptors (Lipinski definition) is 6. The molecule has 0 atom stereocenters. The second-order valence-electron chi connectivity index (χ2n) is 4.14. The zero-order valence-corrected chi connectivity index (χ0v) is 11.3. The van der Waals surface area contributed by atoms with Crippen LogP contribution in [-0.2, 0) is 13.1 Å². The predicted octanol–water partition coefficient (Wildman–Crippen LogP) is 2.04. The second-order valence-corrected chi connectivity index (χ2v) is 5.29. The van der Waals surface area contributed by atoms with Gasteiger partial charge >= 0.3 is 0 Å². The van der Waals surface area contributed by atoms with E-state index in [0.29, 0.717) is 11.6 Å². The molecule has 0 aromatic carbocycles. The summed E-state index contributed by atoms with van der Waals surface area (Å²) in [5.41, 5.74) is 6.77. The highest BCUT2D eigenvalue weighted by atomic mass is 32.1. The number of nitrogens with zero attached hydrogens (tertiary/aromatic N) is 4. The Kier molecular flexibility index (Phi) is 4.84. The van der Waals surface area contributed by atoms with Gasteiger partial charge in [-0.15, -0.1) is 11.3 Å². The standard InChI is InChI=1S/C13H15N5S/c14-4-2-6-18(9-11-3-1-5-16-7-11)10-12-8-17-13(15)19-12/h1,3,5,7-8H,2,6,9-10H2,(H2,15,17). The van der Waals surface area contributed by atoms with Crippen molar-refractivity contribution in [2.75, 3.05) is 12.3 Å². The number of nitriles is 1. The summed E-state index contributed by atoms with van der Waals surface area (Å²) in [6.07, 6.45) is 5.91. The maximum absolute atomic E-state index is 8.73. The van der Waals surface area contributed by atoms with Gasteiger partial charge in [-0.2, -0.15) is 5.26 Å². The average Bonchev–Trinajstić information content (AvgIpc) is 2.82. The molecule has 0 aliphatic heterocycles. The fourth-order valence-corrected chi connectivity index (χ4v) is 2.51. The van der Waals surface area contributed by atoms with E-state index in [1.807, 2.05) is 18.3 Å². The van der Waals surface area contributed by atoms with Crippen LogP contribution in [-0.4, -0.2) is 21.4 Å². The minimum absolute atomic E-state index is 0.508. The van der Waals surface area contributed by atoms with Gasteiger partial charge in [-0.1, -0.05) is 6.07 Å². The maximum Gasteiger partial charge on any atom is 0.180 e. The summed E-state index contributed by atoms with van der Waals surface area (Å²) in [6.45, 7) is 2.25. The Labute approximate surface area is 116 Å². The lowest BCUT2D eigenvalue weighted by atomic mass is 10.2. The van der Waals surface area contributed by atoms with E-state index >= 15 is 0 Å². The summed E-state index contributed by atoms with van der Waals surface area (Å²) in [5, 5.41) is 9.31. The SMILES string of the molecule is N#CCCN(Cc1cccnc1)Cc1cnc(N)s1. The van der Waals surface area contributed by atoms with Crippen molar-refractivity contribution in [1.29, 1.82) is 5.26 Å². The molecule has 2 N–H and O–H groups in total. The summed E-state index contributed by atoms with van der Waals surface area (Å²) in [4.78, 5) is 11.5. The normalized spacial score (nSPS) is 10.5. The van der Waals surface area contributed by atoms with Crippen molar-refractivity contribution in [2.24, 2.45) is 0 Å². The molecule has 19 heavy (non-hydrogen) atoms. The fraction of sp³-hybridized carbons (Fsp3) is 0.308. The summed E-state index contributed by atoms with van der Waals surface area (Å²) < 4.78 is 0. The number of nitrogens with two attached hydrogens (primary N) is 1. The van der Waals surface area contributed by atoms with Gasteiger partial charge in [-0.3, -0.25) is 9.88 Å². The van der Waals surface area contributed by atoms with E-state index < -0.39 is 0 Å². The van der Waals surface area contributed by atoms with Gasteiger partial charge in [0.25, 0.3) is 0 Å². The molecule has 0 saturated heterocycles. The smallest absolute Gasteiger partial charge is 0.180 e. The summed E-state index contributed by atoms with van der Waals surface area (Å²) in [6, 6.07) is 6.14. The molecule has 0 spiro atoms. The Morgan fingerprint density at radius 2 is 2.26 bits per heavy atom. The third-order valence-electron chi connectivity index (χ3n) is 2.62. The van der Waals surface area contributed by atoms with E-state index in [2.05, 4.69) is 20.9 Å². The second kappa shape index (κ2) is 6.83. The number of thiazole rings is 1. The Morgan fingerprint density at radius 3 is 2.89 bits per heavy atom. The Bertz CT molecular complexity index is 546. The van der Waals surface area contributed by atoms with Gasteiger partial charge in [0.05, 0.1) is 6.07 Å². The van der Waals surface area contributed by atoms with Crippen molar-refractivity contribution in [3.63, 3.8) is 0 Å². The maximum atomic E-state index is 8.73. The van der Waals surface area contributed by atoms with Gasteiger partial charge < -0.3 is 5.73 Å². The molecule has 0 saturated carbocycles. The first-order valence-corrected chi connectivity index (χ1v) is 6.78. The molecular weight excluding hydrogens is 258 g/mol. The Hall–Kier alpha value is -1.97. The van der Waals surface area contributed by atoms with Crippen molar-refractivity contribution < 1.29 is 0 Å². The van der Waals surface area contributed by atoms with Crippen LogP contribution in [0.1, 0.15) is 16.9 Å². The van der Waals surface area contributed by atoms with Gasteiger partial charge in [-0.05, 0) is 11.6 Å². The minimum Gasteiger partial charge on any atom is -0.375 e. The van der Waals surface area contributed by atoms with E-state index in [-0.39, 0.29) is 0 Å². The van der Waals surface area contributed by atoms with Crippen LogP contribution in [0.25, 0.3) is 0 Å². The number of aromatic nitrogens is 2. The molecule has 6 heteroatoms. The molecule has 2 rings (SSSR count). The zero-order chi connectivity index (χ0) is 13.5. The number of rotatable bonds is 6. The van der Waals surface area contributed by atoms with Crippen molar-refractivity contribution in [3.8, 4) is 6.07 Å². The minimum atomic E-state index is 0.508. The molecule has 2 heterocycles. The van der Waals surface area contributed by atoms with E-state index in [1.54, 1.807) is 12.4 Å².